The first-order valence-electron chi connectivity index (χ1n) is 5.78. The second-order valence-corrected chi connectivity index (χ2v) is 5.46. The van der Waals surface area contributed by atoms with Crippen LogP contribution in [0, 0.1) is 20.2 Å². The van der Waals surface area contributed by atoms with Crippen LogP contribution in [0.5, 0.6) is 0 Å². The zero-order valence-corrected chi connectivity index (χ0v) is 11.2. The molecular weight excluding hydrogens is 272 g/mol. The molecule has 0 aliphatic heterocycles. The molecule has 1 aromatic carbocycles. The molecule has 0 aliphatic rings. The minimum Gasteiger partial charge on any atom is -0.258 e. The molecule has 0 N–H and O–H groups in total. The monoisotopic (exact) mass is 286 g/mol. The number of nitro groups is 2. The van der Waals surface area contributed by atoms with Crippen molar-refractivity contribution in [3.05, 3.63) is 38.4 Å². The number of nitrogens with zero attached hydrogens (tertiary/aromatic N) is 2. The maximum Gasteiger partial charge on any atom is 0.292 e. The largest absolute Gasteiger partial charge is 0.292 e. The summed E-state index contributed by atoms with van der Waals surface area (Å²) in [6.07, 6.45) is 2.56. The van der Waals surface area contributed by atoms with Crippen LogP contribution in [0.4, 0.5) is 11.4 Å². The van der Waals surface area contributed by atoms with E-state index >= 15 is 0 Å². The molecule has 0 bridgehead atoms. The van der Waals surface area contributed by atoms with Crippen molar-refractivity contribution in [1.29, 1.82) is 0 Å². The Labute approximate surface area is 112 Å². The lowest BCUT2D eigenvalue weighted by Gasteiger charge is -2.03. The SMILES string of the molecule is CCCCCS(=O)c1ccc([N+](=O)[O-])cc1[N+](=O)[O-]. The van der Waals surface area contributed by atoms with E-state index in [9.17, 15) is 24.4 Å². The average Bonchev–Trinajstić information content (AvgIpc) is 2.38. The quantitative estimate of drug-likeness (QED) is 0.435. The topological polar surface area (TPSA) is 103 Å². The van der Waals surface area contributed by atoms with E-state index < -0.39 is 26.3 Å². The van der Waals surface area contributed by atoms with Gasteiger partial charge in [-0.1, -0.05) is 19.8 Å². The summed E-state index contributed by atoms with van der Waals surface area (Å²) in [6, 6.07) is 3.20. The average molecular weight is 286 g/mol. The normalized spacial score (nSPS) is 12.1. The van der Waals surface area contributed by atoms with Gasteiger partial charge in [0.1, 0.15) is 4.90 Å². The minimum atomic E-state index is -1.50. The van der Waals surface area contributed by atoms with Gasteiger partial charge in [-0.15, -0.1) is 0 Å². The fourth-order valence-electron chi connectivity index (χ4n) is 1.55. The summed E-state index contributed by atoms with van der Waals surface area (Å²) in [5.74, 6) is 0.326. The van der Waals surface area contributed by atoms with Crippen LogP contribution >= 0.6 is 0 Å². The summed E-state index contributed by atoms with van der Waals surface area (Å²) >= 11 is 0. The zero-order valence-electron chi connectivity index (χ0n) is 10.4. The highest BCUT2D eigenvalue weighted by atomic mass is 32.2. The van der Waals surface area contributed by atoms with Crippen LogP contribution in [0.25, 0.3) is 0 Å². The van der Waals surface area contributed by atoms with E-state index in [4.69, 9.17) is 0 Å². The van der Waals surface area contributed by atoms with E-state index in [1.54, 1.807) is 0 Å². The van der Waals surface area contributed by atoms with Gasteiger partial charge in [0, 0.05) is 11.8 Å². The molecule has 0 amide bonds. The van der Waals surface area contributed by atoms with Crippen LogP contribution in [-0.4, -0.2) is 19.8 Å². The van der Waals surface area contributed by atoms with Gasteiger partial charge < -0.3 is 0 Å². The van der Waals surface area contributed by atoms with E-state index in [1.165, 1.54) is 6.07 Å². The number of rotatable bonds is 7. The summed E-state index contributed by atoms with van der Waals surface area (Å²) in [4.78, 5) is 20.1. The lowest BCUT2D eigenvalue weighted by molar-refractivity contribution is -0.396. The van der Waals surface area contributed by atoms with Gasteiger partial charge in [0.2, 0.25) is 0 Å². The van der Waals surface area contributed by atoms with E-state index in [0.717, 1.165) is 25.0 Å². The maximum absolute atomic E-state index is 12.0. The maximum atomic E-state index is 12.0. The van der Waals surface area contributed by atoms with Crippen molar-refractivity contribution >= 4 is 22.2 Å². The highest BCUT2D eigenvalue weighted by Gasteiger charge is 2.22. The van der Waals surface area contributed by atoms with Gasteiger partial charge in [-0.25, -0.2) is 0 Å². The Hall–Kier alpha value is -1.83. The van der Waals surface area contributed by atoms with Crippen LogP contribution in [0.15, 0.2) is 23.1 Å². The fourth-order valence-corrected chi connectivity index (χ4v) is 2.82. The van der Waals surface area contributed by atoms with E-state index in [0.29, 0.717) is 12.2 Å². The van der Waals surface area contributed by atoms with Crippen molar-refractivity contribution in [3.63, 3.8) is 0 Å². The van der Waals surface area contributed by atoms with Crippen molar-refractivity contribution < 1.29 is 14.1 Å². The molecular formula is C11H14N2O5S. The third-order valence-corrected chi connectivity index (χ3v) is 4.02. The molecule has 8 heteroatoms. The molecule has 0 aliphatic carbocycles. The number of non-ortho nitro benzene ring substituents is 1. The van der Waals surface area contributed by atoms with Gasteiger partial charge >= 0.3 is 0 Å². The Kier molecular flexibility index (Phi) is 5.56. The van der Waals surface area contributed by atoms with Crippen LogP contribution in [0.3, 0.4) is 0 Å². The minimum absolute atomic E-state index is 0.0479. The first kappa shape index (κ1) is 15.2. The van der Waals surface area contributed by atoms with Crippen molar-refractivity contribution in [2.24, 2.45) is 0 Å². The number of nitro benzene ring substituents is 2. The van der Waals surface area contributed by atoms with Crippen LogP contribution in [0.1, 0.15) is 26.2 Å². The van der Waals surface area contributed by atoms with Gasteiger partial charge in [-0.2, -0.15) is 0 Å². The van der Waals surface area contributed by atoms with Gasteiger partial charge in [-0.3, -0.25) is 24.4 Å². The molecule has 7 nitrogen and oxygen atoms in total. The summed E-state index contributed by atoms with van der Waals surface area (Å²) in [5, 5.41) is 21.5. The Bertz CT molecular complexity index is 518. The van der Waals surface area contributed by atoms with Crippen molar-refractivity contribution in [2.45, 2.75) is 31.1 Å². The lowest BCUT2D eigenvalue weighted by Crippen LogP contribution is -2.03. The van der Waals surface area contributed by atoms with Crippen molar-refractivity contribution in [3.8, 4) is 0 Å². The Morgan fingerprint density at radius 2 is 1.84 bits per heavy atom. The highest BCUT2D eigenvalue weighted by molar-refractivity contribution is 7.85. The second kappa shape index (κ2) is 6.93. The molecule has 104 valence electrons. The molecule has 19 heavy (non-hydrogen) atoms. The third-order valence-electron chi connectivity index (χ3n) is 2.53. The molecule has 0 saturated carbocycles. The predicted octanol–water partition coefficient (Wildman–Crippen LogP) is 2.80. The van der Waals surface area contributed by atoms with Crippen LogP contribution in [0.2, 0.25) is 0 Å². The smallest absolute Gasteiger partial charge is 0.258 e. The molecule has 1 rings (SSSR count). The van der Waals surface area contributed by atoms with E-state index in [-0.39, 0.29) is 10.6 Å². The molecule has 0 spiro atoms. The fraction of sp³-hybridized carbons (Fsp3) is 0.455. The van der Waals surface area contributed by atoms with Gasteiger partial charge in [0.15, 0.2) is 0 Å². The Balaban J connectivity index is 3.03. The number of unbranched alkanes of at least 4 members (excludes halogenated alkanes) is 2. The van der Waals surface area contributed by atoms with E-state index in [2.05, 4.69) is 0 Å². The first-order valence-corrected chi connectivity index (χ1v) is 7.10. The molecule has 0 aromatic heterocycles. The summed E-state index contributed by atoms with van der Waals surface area (Å²) < 4.78 is 12.0. The molecule has 0 saturated heterocycles. The first-order chi connectivity index (χ1) is 8.97. The molecule has 1 aromatic rings. The Morgan fingerprint density at radius 3 is 2.37 bits per heavy atom. The molecule has 1 unspecified atom stereocenters. The Morgan fingerprint density at radius 1 is 1.16 bits per heavy atom. The second-order valence-electron chi connectivity index (χ2n) is 3.92. The molecule has 0 radical (unpaired) electrons. The predicted molar refractivity (Wildman–Crippen MR) is 70.6 cm³/mol. The molecule has 1 atom stereocenters. The van der Waals surface area contributed by atoms with E-state index in [1.807, 2.05) is 6.92 Å². The number of hydrogen-bond acceptors (Lipinski definition) is 5. The van der Waals surface area contributed by atoms with Gasteiger partial charge in [0.05, 0.1) is 26.7 Å². The van der Waals surface area contributed by atoms with Gasteiger partial charge in [0.25, 0.3) is 11.4 Å². The number of hydrogen-bond donors (Lipinski definition) is 0. The molecule has 0 fully saturated rings. The van der Waals surface area contributed by atoms with Crippen molar-refractivity contribution in [1.82, 2.24) is 0 Å². The third kappa shape index (κ3) is 4.09. The standard InChI is InChI=1S/C11H14N2O5S/c1-2-3-4-7-19(18)11-6-5-9(12(14)15)8-10(11)13(16)17/h5-6,8H,2-4,7H2,1H3. The van der Waals surface area contributed by atoms with Gasteiger partial charge in [-0.05, 0) is 12.5 Å². The summed E-state index contributed by atoms with van der Waals surface area (Å²) in [6.45, 7) is 2.00. The zero-order chi connectivity index (χ0) is 14.4. The molecule has 0 heterocycles. The van der Waals surface area contributed by atoms with Crippen molar-refractivity contribution in [2.75, 3.05) is 5.75 Å². The van der Waals surface area contributed by atoms with Crippen LogP contribution in [-0.2, 0) is 10.8 Å². The lowest BCUT2D eigenvalue weighted by atomic mass is 10.3. The number of benzene rings is 1. The highest BCUT2D eigenvalue weighted by Crippen LogP contribution is 2.27. The summed E-state index contributed by atoms with van der Waals surface area (Å²) in [5.41, 5.74) is -0.829. The summed E-state index contributed by atoms with van der Waals surface area (Å²) in [7, 11) is -1.50. The van der Waals surface area contributed by atoms with Crippen LogP contribution < -0.4 is 0 Å².